The molecular formula is C13H15ClN4O3S2. The van der Waals surface area contributed by atoms with Crippen molar-refractivity contribution in [1.29, 1.82) is 0 Å². The topological polar surface area (TPSA) is 92.3 Å². The molecule has 1 heterocycles. The molecule has 0 fully saturated rings. The van der Waals surface area contributed by atoms with Crippen molar-refractivity contribution in [3.05, 3.63) is 34.3 Å². The average molecular weight is 375 g/mol. The second-order valence-electron chi connectivity index (χ2n) is 4.43. The third-order valence-electron chi connectivity index (χ3n) is 3.10. The lowest BCUT2D eigenvalue weighted by molar-refractivity contribution is 0.102. The van der Waals surface area contributed by atoms with Crippen LogP contribution in [0.1, 0.15) is 24.2 Å². The number of carbonyl (C=O) groups is 1. The zero-order chi connectivity index (χ0) is 17.0. The molecule has 0 radical (unpaired) electrons. The summed E-state index contributed by atoms with van der Waals surface area (Å²) >= 11 is 7.19. The fourth-order valence-electron chi connectivity index (χ4n) is 1.94. The largest absolute Gasteiger partial charge is 0.296 e. The van der Waals surface area contributed by atoms with Crippen molar-refractivity contribution in [3.8, 4) is 0 Å². The van der Waals surface area contributed by atoms with Crippen molar-refractivity contribution in [2.75, 3.05) is 18.4 Å². The van der Waals surface area contributed by atoms with Crippen molar-refractivity contribution < 1.29 is 13.2 Å². The van der Waals surface area contributed by atoms with Gasteiger partial charge in [-0.25, -0.2) is 8.42 Å². The first-order valence-electron chi connectivity index (χ1n) is 6.77. The number of nitrogens with zero attached hydrogens (tertiary/aromatic N) is 3. The normalized spacial score (nSPS) is 11.7. The molecule has 0 spiro atoms. The molecule has 0 aliphatic rings. The highest BCUT2D eigenvalue weighted by molar-refractivity contribution is 7.89. The molecule has 1 aromatic carbocycles. The second kappa shape index (κ2) is 7.35. The third-order valence-corrected chi connectivity index (χ3v) is 6.24. The third kappa shape index (κ3) is 3.86. The number of aromatic nitrogens is 2. The molecule has 2 aromatic rings. The summed E-state index contributed by atoms with van der Waals surface area (Å²) in [7, 11) is -3.75. The monoisotopic (exact) mass is 374 g/mol. The molecule has 0 atom stereocenters. The van der Waals surface area contributed by atoms with E-state index >= 15 is 0 Å². The van der Waals surface area contributed by atoms with E-state index in [1.54, 1.807) is 13.8 Å². The molecule has 0 saturated carbocycles. The molecule has 1 aromatic heterocycles. The van der Waals surface area contributed by atoms with Crippen molar-refractivity contribution in [3.63, 3.8) is 0 Å². The lowest BCUT2D eigenvalue weighted by Gasteiger charge is -2.19. The summed E-state index contributed by atoms with van der Waals surface area (Å²) in [5.41, 5.74) is 1.66. The number of carbonyl (C=O) groups excluding carboxylic acids is 1. The maximum absolute atomic E-state index is 12.6. The molecule has 1 amide bonds. The molecule has 124 valence electrons. The number of anilines is 1. The number of hydrogen-bond acceptors (Lipinski definition) is 6. The van der Waals surface area contributed by atoms with Gasteiger partial charge in [-0.1, -0.05) is 36.8 Å². The Kier molecular flexibility index (Phi) is 5.69. The van der Waals surface area contributed by atoms with Gasteiger partial charge in [0.1, 0.15) is 10.4 Å². The Hall–Kier alpha value is -1.55. The highest BCUT2D eigenvalue weighted by atomic mass is 35.5. The lowest BCUT2D eigenvalue weighted by Crippen LogP contribution is -2.31. The Morgan fingerprint density at radius 3 is 2.61 bits per heavy atom. The first-order valence-corrected chi connectivity index (χ1v) is 9.47. The van der Waals surface area contributed by atoms with Crippen LogP contribution in [0.3, 0.4) is 0 Å². The van der Waals surface area contributed by atoms with Crippen LogP contribution in [0.25, 0.3) is 0 Å². The summed E-state index contributed by atoms with van der Waals surface area (Å²) in [4.78, 5) is 12.1. The molecule has 0 aliphatic carbocycles. The summed E-state index contributed by atoms with van der Waals surface area (Å²) < 4.78 is 26.5. The van der Waals surface area contributed by atoms with E-state index in [1.165, 1.54) is 28.0 Å². The minimum Gasteiger partial charge on any atom is -0.296 e. The van der Waals surface area contributed by atoms with E-state index in [0.717, 1.165) is 11.3 Å². The summed E-state index contributed by atoms with van der Waals surface area (Å²) in [6.07, 6.45) is 0. The van der Waals surface area contributed by atoms with Crippen LogP contribution < -0.4 is 5.32 Å². The Morgan fingerprint density at radius 1 is 1.35 bits per heavy atom. The molecule has 2 rings (SSSR count). The molecular weight excluding hydrogens is 360 g/mol. The first-order chi connectivity index (χ1) is 10.9. The van der Waals surface area contributed by atoms with E-state index in [0.29, 0.717) is 18.2 Å². The number of amides is 1. The van der Waals surface area contributed by atoms with Crippen molar-refractivity contribution >= 4 is 44.0 Å². The fraction of sp³-hybridized carbons (Fsp3) is 0.308. The molecule has 1 N–H and O–H groups in total. The molecule has 0 unspecified atom stereocenters. The minimum absolute atomic E-state index is 0.0735. The molecule has 10 heteroatoms. The number of hydrogen-bond donors (Lipinski definition) is 1. The highest BCUT2D eigenvalue weighted by Gasteiger charge is 2.25. The van der Waals surface area contributed by atoms with Crippen LogP contribution in [0.15, 0.2) is 28.6 Å². The minimum atomic E-state index is -3.75. The zero-order valence-corrected chi connectivity index (χ0v) is 14.9. The van der Waals surface area contributed by atoms with E-state index in [4.69, 9.17) is 11.6 Å². The number of nitrogens with one attached hydrogen (secondary N) is 1. The van der Waals surface area contributed by atoms with Gasteiger partial charge in [0.25, 0.3) is 5.91 Å². The van der Waals surface area contributed by atoms with Crippen LogP contribution in [0, 0.1) is 0 Å². The number of sulfonamides is 1. The van der Waals surface area contributed by atoms with Crippen molar-refractivity contribution in [2.24, 2.45) is 0 Å². The first kappa shape index (κ1) is 17.8. The average Bonchev–Trinajstić information content (AvgIpc) is 3.01. The van der Waals surface area contributed by atoms with Gasteiger partial charge < -0.3 is 0 Å². The smallest absolute Gasteiger partial charge is 0.257 e. The van der Waals surface area contributed by atoms with Gasteiger partial charge in [-0.05, 0) is 18.2 Å². The van der Waals surface area contributed by atoms with Crippen molar-refractivity contribution in [2.45, 2.75) is 18.7 Å². The molecule has 0 saturated heterocycles. The Balaban J connectivity index is 2.37. The van der Waals surface area contributed by atoms with Gasteiger partial charge in [-0.3, -0.25) is 10.1 Å². The summed E-state index contributed by atoms with van der Waals surface area (Å²) in [5, 5.41) is 10.3. The van der Waals surface area contributed by atoms with Gasteiger partial charge in [0, 0.05) is 18.7 Å². The van der Waals surface area contributed by atoms with Crippen LogP contribution >= 0.6 is 22.9 Å². The maximum Gasteiger partial charge on any atom is 0.257 e. The molecule has 0 aliphatic heterocycles. The van der Waals surface area contributed by atoms with E-state index in [2.05, 4.69) is 15.5 Å². The lowest BCUT2D eigenvalue weighted by atomic mass is 10.2. The Labute approximate surface area is 143 Å². The predicted molar refractivity (Wildman–Crippen MR) is 89.4 cm³/mol. The summed E-state index contributed by atoms with van der Waals surface area (Å²) in [5.74, 6) is -0.477. The number of halogens is 1. The summed E-state index contributed by atoms with van der Waals surface area (Å²) in [6, 6.07) is 4.12. The van der Waals surface area contributed by atoms with Crippen LogP contribution in [0.4, 0.5) is 5.13 Å². The van der Waals surface area contributed by atoms with Gasteiger partial charge in [0.05, 0.1) is 5.02 Å². The van der Waals surface area contributed by atoms with Gasteiger partial charge in [-0.15, -0.1) is 10.2 Å². The molecule has 7 nitrogen and oxygen atoms in total. The highest BCUT2D eigenvalue weighted by Crippen LogP contribution is 2.26. The number of benzene rings is 1. The van der Waals surface area contributed by atoms with Gasteiger partial charge >= 0.3 is 0 Å². The van der Waals surface area contributed by atoms with Crippen molar-refractivity contribution in [1.82, 2.24) is 14.5 Å². The number of rotatable bonds is 6. The predicted octanol–water partition coefficient (Wildman–Crippen LogP) is 2.47. The van der Waals surface area contributed by atoms with E-state index in [1.807, 2.05) is 0 Å². The zero-order valence-electron chi connectivity index (χ0n) is 12.5. The Bertz CT molecular complexity index is 790. The fourth-order valence-corrected chi connectivity index (χ4v) is 4.34. The van der Waals surface area contributed by atoms with Crippen LogP contribution in [-0.4, -0.2) is 41.9 Å². The van der Waals surface area contributed by atoms with E-state index < -0.39 is 15.9 Å². The van der Waals surface area contributed by atoms with E-state index in [9.17, 15) is 13.2 Å². The van der Waals surface area contributed by atoms with Gasteiger partial charge in [-0.2, -0.15) is 4.31 Å². The Morgan fingerprint density at radius 2 is 2.04 bits per heavy atom. The van der Waals surface area contributed by atoms with Crippen LogP contribution in [0.5, 0.6) is 0 Å². The van der Waals surface area contributed by atoms with Gasteiger partial charge in [0.15, 0.2) is 0 Å². The summed E-state index contributed by atoms with van der Waals surface area (Å²) in [6.45, 7) is 4.11. The van der Waals surface area contributed by atoms with Crippen LogP contribution in [-0.2, 0) is 10.0 Å². The quantitative estimate of drug-likeness (QED) is 0.838. The van der Waals surface area contributed by atoms with Crippen LogP contribution in [0.2, 0.25) is 5.02 Å². The second-order valence-corrected chi connectivity index (χ2v) is 7.58. The van der Waals surface area contributed by atoms with Gasteiger partial charge in [0.2, 0.25) is 15.2 Å². The van der Waals surface area contributed by atoms with E-state index in [-0.39, 0.29) is 15.5 Å². The standard InChI is InChI=1S/C13H15ClN4O3S2/c1-3-18(4-2)23(20,21)11-7-9(5-6-10(11)14)12(19)16-13-17-15-8-22-13/h5-8H,3-4H2,1-2H3,(H,16,17,19). The SMILES string of the molecule is CCN(CC)S(=O)(=O)c1cc(C(=O)Nc2nncs2)ccc1Cl. The molecule has 23 heavy (non-hydrogen) atoms. The molecule has 0 bridgehead atoms. The maximum atomic E-state index is 12.6.